The van der Waals surface area contributed by atoms with Crippen molar-refractivity contribution in [1.29, 1.82) is 0 Å². The van der Waals surface area contributed by atoms with Gasteiger partial charge in [0, 0.05) is 26.5 Å². The average Bonchev–Trinajstić information content (AvgIpc) is 2.63. The number of rotatable bonds is 3. The molecule has 1 saturated carbocycles. The molecule has 1 aliphatic carbocycles. The Balaban J connectivity index is 1.57. The zero-order valence-corrected chi connectivity index (χ0v) is 16.4. The maximum Gasteiger partial charge on any atom is 0.240 e. The minimum atomic E-state index is 0.115. The first kappa shape index (κ1) is 17.0. The molecule has 0 spiro atoms. The summed E-state index contributed by atoms with van der Waals surface area (Å²) in [6.45, 7) is 0.374. The molecule has 1 N–H and O–H groups in total. The topological polar surface area (TPSA) is 32.3 Å². The van der Waals surface area contributed by atoms with Crippen LogP contribution in [-0.4, -0.2) is 18.5 Å². The van der Waals surface area contributed by atoms with Crippen LogP contribution in [0.1, 0.15) is 32.1 Å². The van der Waals surface area contributed by atoms with E-state index in [1.807, 2.05) is 12.1 Å². The number of fused-ring (bicyclic) bond motifs is 3. The van der Waals surface area contributed by atoms with E-state index in [1.54, 1.807) is 11.9 Å². The first-order valence-electron chi connectivity index (χ1n) is 8.85. The average molecular weight is 417 g/mol. The number of carbonyl (C=O) groups excluding carboxylic acids is 1. The van der Waals surface area contributed by atoms with E-state index in [2.05, 4.69) is 55.9 Å². The van der Waals surface area contributed by atoms with Crippen molar-refractivity contribution in [3.63, 3.8) is 0 Å². The van der Waals surface area contributed by atoms with E-state index in [0.29, 0.717) is 12.6 Å². The molecule has 0 aromatic heterocycles. The van der Waals surface area contributed by atoms with E-state index in [1.165, 1.54) is 35.3 Å². The normalized spacial score (nSPS) is 16.9. The third-order valence-electron chi connectivity index (χ3n) is 4.88. The maximum atomic E-state index is 12.6. The summed E-state index contributed by atoms with van der Waals surface area (Å²) >= 11 is 5.34. The molecular weight excluding hydrogens is 396 g/mol. The second-order valence-corrected chi connectivity index (χ2v) is 8.58. The number of benzene rings is 2. The fourth-order valence-corrected chi connectivity index (χ4v) is 5.32. The second-order valence-electron chi connectivity index (χ2n) is 6.66. The summed E-state index contributed by atoms with van der Waals surface area (Å²) in [5, 5.41) is 3.23. The van der Waals surface area contributed by atoms with Crippen molar-refractivity contribution in [2.45, 2.75) is 43.0 Å². The number of nitrogens with zero attached hydrogens (tertiary/aromatic N) is 1. The van der Waals surface area contributed by atoms with Crippen LogP contribution >= 0.6 is 27.9 Å². The lowest BCUT2D eigenvalue weighted by Gasteiger charge is -2.32. The molecule has 2 aromatic carbocycles. The van der Waals surface area contributed by atoms with E-state index in [-0.39, 0.29) is 5.91 Å². The van der Waals surface area contributed by atoms with Gasteiger partial charge >= 0.3 is 0 Å². The Bertz CT molecular complexity index is 789. The Labute approximate surface area is 161 Å². The summed E-state index contributed by atoms with van der Waals surface area (Å²) in [7, 11) is 0. The van der Waals surface area contributed by atoms with Crippen LogP contribution in [0.4, 0.5) is 5.69 Å². The van der Waals surface area contributed by atoms with Gasteiger partial charge in [0.2, 0.25) is 5.91 Å². The molecule has 0 radical (unpaired) electrons. The zero-order chi connectivity index (χ0) is 17.2. The first-order chi connectivity index (χ1) is 12.2. The van der Waals surface area contributed by atoms with Crippen LogP contribution in [0.2, 0.25) is 0 Å². The van der Waals surface area contributed by atoms with Gasteiger partial charge in [-0.3, -0.25) is 4.79 Å². The Kier molecular flexibility index (Phi) is 5.04. The van der Waals surface area contributed by atoms with Crippen molar-refractivity contribution in [1.82, 2.24) is 5.32 Å². The highest BCUT2D eigenvalue weighted by molar-refractivity contribution is 9.10. The Morgan fingerprint density at radius 2 is 1.92 bits per heavy atom. The molecule has 4 rings (SSSR count). The second kappa shape index (κ2) is 7.42. The van der Waals surface area contributed by atoms with Crippen molar-refractivity contribution in [3.05, 3.63) is 46.9 Å². The lowest BCUT2D eigenvalue weighted by atomic mass is 9.95. The zero-order valence-electron chi connectivity index (χ0n) is 14.0. The van der Waals surface area contributed by atoms with Crippen LogP contribution < -0.4 is 9.62 Å². The Hall–Kier alpha value is -1.46. The summed E-state index contributed by atoms with van der Waals surface area (Å²) in [5.41, 5.74) is 3.48. The number of hydrogen-bond acceptors (Lipinski definition) is 3. The molecule has 1 aliphatic heterocycles. The number of halogens is 1. The minimum Gasteiger partial charge on any atom is -0.352 e. The van der Waals surface area contributed by atoms with Gasteiger partial charge in [-0.05, 0) is 43.0 Å². The summed E-state index contributed by atoms with van der Waals surface area (Å²) in [5.74, 6) is 0.115. The van der Waals surface area contributed by atoms with Crippen molar-refractivity contribution in [2.24, 2.45) is 0 Å². The Morgan fingerprint density at radius 3 is 2.76 bits per heavy atom. The van der Waals surface area contributed by atoms with Gasteiger partial charge in [-0.15, -0.1) is 0 Å². The van der Waals surface area contributed by atoms with Gasteiger partial charge in [0.05, 0.1) is 5.69 Å². The molecule has 5 heteroatoms. The lowest BCUT2D eigenvalue weighted by Crippen LogP contribution is -2.41. The quantitative estimate of drug-likeness (QED) is 0.680. The van der Waals surface area contributed by atoms with Gasteiger partial charge in [-0.25, -0.2) is 0 Å². The summed E-state index contributed by atoms with van der Waals surface area (Å²) in [4.78, 5) is 13.8. The molecule has 0 bridgehead atoms. The van der Waals surface area contributed by atoms with Gasteiger partial charge in [-0.1, -0.05) is 59.5 Å². The predicted octanol–water partition coefficient (Wildman–Crippen LogP) is 5.39. The molecular formula is C20H21BrN2OS. The number of nitrogens with one attached hydrogen (secondary N) is 1. The fourth-order valence-electron chi connectivity index (χ4n) is 3.68. The van der Waals surface area contributed by atoms with Crippen LogP contribution in [0.5, 0.6) is 0 Å². The highest BCUT2D eigenvalue weighted by Gasteiger charge is 2.26. The molecule has 3 nitrogen and oxygen atoms in total. The van der Waals surface area contributed by atoms with Crippen LogP contribution in [-0.2, 0) is 4.79 Å². The van der Waals surface area contributed by atoms with Crippen molar-refractivity contribution in [2.75, 3.05) is 10.8 Å². The SMILES string of the molecule is O=C(CN1Sc2ccccc2-c2c(Br)cccc21)NC1CCCCC1. The summed E-state index contributed by atoms with van der Waals surface area (Å²) in [6.07, 6.45) is 5.99. The predicted molar refractivity (Wildman–Crippen MR) is 108 cm³/mol. The summed E-state index contributed by atoms with van der Waals surface area (Å²) in [6, 6.07) is 14.9. The van der Waals surface area contributed by atoms with Crippen LogP contribution in [0, 0.1) is 0 Å². The standard InChI is InChI=1S/C20H21BrN2OS/c21-16-10-6-11-17-20(16)15-9-4-5-12-18(15)25-23(17)13-19(24)22-14-7-2-1-3-8-14/h4-6,9-12,14H,1-3,7-8,13H2,(H,22,24). The van der Waals surface area contributed by atoms with E-state index in [4.69, 9.17) is 0 Å². The van der Waals surface area contributed by atoms with Crippen LogP contribution in [0.3, 0.4) is 0 Å². The van der Waals surface area contributed by atoms with E-state index in [0.717, 1.165) is 23.0 Å². The molecule has 0 atom stereocenters. The Morgan fingerprint density at radius 1 is 1.12 bits per heavy atom. The van der Waals surface area contributed by atoms with Gasteiger partial charge < -0.3 is 9.62 Å². The molecule has 2 aromatic rings. The van der Waals surface area contributed by atoms with Crippen molar-refractivity contribution < 1.29 is 4.79 Å². The fraction of sp³-hybridized carbons (Fsp3) is 0.350. The van der Waals surface area contributed by atoms with Gasteiger partial charge in [0.15, 0.2) is 0 Å². The molecule has 1 heterocycles. The third-order valence-corrected chi connectivity index (χ3v) is 6.64. The molecule has 2 aliphatic rings. The third kappa shape index (κ3) is 3.58. The number of hydrogen-bond donors (Lipinski definition) is 1. The van der Waals surface area contributed by atoms with Crippen molar-refractivity contribution >= 4 is 39.5 Å². The van der Waals surface area contributed by atoms with E-state index in [9.17, 15) is 4.79 Å². The van der Waals surface area contributed by atoms with Gasteiger partial charge in [0.25, 0.3) is 0 Å². The monoisotopic (exact) mass is 416 g/mol. The molecule has 130 valence electrons. The molecule has 1 amide bonds. The number of amides is 1. The van der Waals surface area contributed by atoms with Gasteiger partial charge in [-0.2, -0.15) is 0 Å². The van der Waals surface area contributed by atoms with E-state index < -0.39 is 0 Å². The molecule has 0 unspecified atom stereocenters. The van der Waals surface area contributed by atoms with E-state index >= 15 is 0 Å². The lowest BCUT2D eigenvalue weighted by molar-refractivity contribution is -0.120. The van der Waals surface area contributed by atoms with Gasteiger partial charge in [0.1, 0.15) is 6.54 Å². The van der Waals surface area contributed by atoms with Crippen molar-refractivity contribution in [3.8, 4) is 11.1 Å². The first-order valence-corrected chi connectivity index (χ1v) is 10.4. The van der Waals surface area contributed by atoms with Crippen LogP contribution in [0.15, 0.2) is 51.8 Å². The smallest absolute Gasteiger partial charge is 0.240 e. The maximum absolute atomic E-state index is 12.6. The van der Waals surface area contributed by atoms with Crippen LogP contribution in [0.25, 0.3) is 11.1 Å². The molecule has 1 fully saturated rings. The highest BCUT2D eigenvalue weighted by Crippen LogP contribution is 2.48. The summed E-state index contributed by atoms with van der Waals surface area (Å²) < 4.78 is 3.18. The molecule has 25 heavy (non-hydrogen) atoms. The molecule has 0 saturated heterocycles. The highest BCUT2D eigenvalue weighted by atomic mass is 79.9. The largest absolute Gasteiger partial charge is 0.352 e. The number of anilines is 1. The number of carbonyl (C=O) groups is 1. The minimum absolute atomic E-state index is 0.115.